The molecule has 2 heterocycles. The second kappa shape index (κ2) is 6.05. The molecule has 2 atom stereocenters. The average Bonchev–Trinajstić information content (AvgIpc) is 2.97. The van der Waals surface area contributed by atoms with E-state index in [0.717, 1.165) is 25.7 Å². The molecule has 1 aliphatic carbocycles. The minimum Gasteiger partial charge on any atom is -0.481 e. The Bertz CT molecular complexity index is 543. The maximum absolute atomic E-state index is 12.4. The van der Waals surface area contributed by atoms with Crippen molar-refractivity contribution >= 4 is 23.3 Å². The van der Waals surface area contributed by atoms with Gasteiger partial charge in [0.2, 0.25) is 0 Å². The maximum atomic E-state index is 12.4. The van der Waals surface area contributed by atoms with Crippen molar-refractivity contribution in [3.8, 4) is 0 Å². The third-order valence-corrected chi connectivity index (χ3v) is 5.40. The van der Waals surface area contributed by atoms with Crippen LogP contribution < -0.4 is 5.32 Å². The standard InChI is InChI=1S/C15H20N2O3S/c18-14(19)10-3-2-7-17(9-10)15(20)16-12-4-1-5-13-11(12)6-8-21-13/h6,8,10,12H,1-5,7,9H2,(H,16,20)(H,18,19)/t10-,12?/m1/s1. The first-order valence-electron chi connectivity index (χ1n) is 7.49. The van der Waals surface area contributed by atoms with E-state index in [4.69, 9.17) is 5.11 Å². The highest BCUT2D eigenvalue weighted by Gasteiger charge is 2.30. The van der Waals surface area contributed by atoms with Gasteiger partial charge in [-0.05, 0) is 49.1 Å². The van der Waals surface area contributed by atoms with Crippen LogP contribution in [0, 0.1) is 5.92 Å². The third-order valence-electron chi connectivity index (χ3n) is 4.41. The molecule has 114 valence electrons. The number of carboxylic acid groups (broad SMARTS) is 1. The Balaban J connectivity index is 1.63. The van der Waals surface area contributed by atoms with E-state index in [1.807, 2.05) is 0 Å². The Morgan fingerprint density at radius 1 is 1.33 bits per heavy atom. The second-order valence-corrected chi connectivity index (χ2v) is 6.82. The lowest BCUT2D eigenvalue weighted by Gasteiger charge is -2.33. The average molecular weight is 308 g/mol. The summed E-state index contributed by atoms with van der Waals surface area (Å²) in [6.07, 6.45) is 4.59. The van der Waals surface area contributed by atoms with Crippen molar-refractivity contribution in [3.05, 3.63) is 21.9 Å². The largest absolute Gasteiger partial charge is 0.481 e. The number of urea groups is 1. The highest BCUT2D eigenvalue weighted by Crippen LogP contribution is 2.33. The SMILES string of the molecule is O=C(O)[C@@H]1CCCN(C(=O)NC2CCCc3sccc32)C1. The first-order valence-corrected chi connectivity index (χ1v) is 8.37. The van der Waals surface area contributed by atoms with E-state index >= 15 is 0 Å². The molecule has 0 aromatic carbocycles. The molecule has 2 N–H and O–H groups in total. The lowest BCUT2D eigenvalue weighted by Crippen LogP contribution is -2.48. The molecule has 3 rings (SSSR count). The molecule has 1 aliphatic heterocycles. The van der Waals surface area contributed by atoms with E-state index in [0.29, 0.717) is 19.5 Å². The molecular formula is C15H20N2O3S. The van der Waals surface area contributed by atoms with Gasteiger partial charge in [-0.15, -0.1) is 11.3 Å². The maximum Gasteiger partial charge on any atom is 0.317 e. The highest BCUT2D eigenvalue weighted by atomic mass is 32.1. The number of aryl methyl sites for hydroxylation is 1. The molecular weight excluding hydrogens is 288 g/mol. The van der Waals surface area contributed by atoms with Crippen LogP contribution in [0.5, 0.6) is 0 Å². The van der Waals surface area contributed by atoms with Crippen LogP contribution in [-0.2, 0) is 11.2 Å². The number of aliphatic carboxylic acids is 1. The smallest absolute Gasteiger partial charge is 0.317 e. The van der Waals surface area contributed by atoms with Gasteiger partial charge in [0, 0.05) is 18.0 Å². The molecule has 5 nitrogen and oxygen atoms in total. The summed E-state index contributed by atoms with van der Waals surface area (Å²) in [4.78, 5) is 26.5. The summed E-state index contributed by atoms with van der Waals surface area (Å²) in [5.74, 6) is -1.22. The van der Waals surface area contributed by atoms with Crippen molar-refractivity contribution in [3.63, 3.8) is 0 Å². The number of hydrogen-bond donors (Lipinski definition) is 2. The van der Waals surface area contributed by atoms with E-state index in [1.54, 1.807) is 16.2 Å². The fourth-order valence-electron chi connectivity index (χ4n) is 3.24. The topological polar surface area (TPSA) is 69.6 Å². The van der Waals surface area contributed by atoms with Gasteiger partial charge >= 0.3 is 12.0 Å². The number of carbonyl (C=O) groups excluding carboxylic acids is 1. The molecule has 6 heteroatoms. The summed E-state index contributed by atoms with van der Waals surface area (Å²) in [5, 5.41) is 14.3. The normalized spacial score (nSPS) is 25.2. The van der Waals surface area contributed by atoms with E-state index in [-0.39, 0.29) is 12.1 Å². The summed E-state index contributed by atoms with van der Waals surface area (Å²) in [5.41, 5.74) is 1.24. The lowest BCUT2D eigenvalue weighted by molar-refractivity contribution is -0.143. The second-order valence-electron chi connectivity index (χ2n) is 5.82. The van der Waals surface area contributed by atoms with Crippen LogP contribution in [0.3, 0.4) is 0 Å². The van der Waals surface area contributed by atoms with Gasteiger partial charge in [0.15, 0.2) is 0 Å². The summed E-state index contributed by atoms with van der Waals surface area (Å²) < 4.78 is 0. The molecule has 0 radical (unpaired) electrons. The molecule has 1 saturated heterocycles. The van der Waals surface area contributed by atoms with Crippen LogP contribution >= 0.6 is 11.3 Å². The van der Waals surface area contributed by atoms with Crippen molar-refractivity contribution in [2.24, 2.45) is 5.92 Å². The zero-order valence-corrected chi connectivity index (χ0v) is 12.7. The van der Waals surface area contributed by atoms with Gasteiger partial charge < -0.3 is 15.3 Å². The Morgan fingerprint density at radius 3 is 3.00 bits per heavy atom. The zero-order valence-electron chi connectivity index (χ0n) is 11.9. The van der Waals surface area contributed by atoms with E-state index < -0.39 is 11.9 Å². The minimum absolute atomic E-state index is 0.0812. The summed E-state index contributed by atoms with van der Waals surface area (Å²) in [6, 6.07) is 2.06. The Hall–Kier alpha value is -1.56. The number of nitrogens with zero attached hydrogens (tertiary/aromatic N) is 1. The third kappa shape index (κ3) is 3.05. The van der Waals surface area contributed by atoms with Gasteiger partial charge in [-0.1, -0.05) is 0 Å². The molecule has 1 unspecified atom stereocenters. The van der Waals surface area contributed by atoms with E-state index in [2.05, 4.69) is 16.8 Å². The van der Waals surface area contributed by atoms with E-state index in [1.165, 1.54) is 10.4 Å². The molecule has 1 aromatic rings. The van der Waals surface area contributed by atoms with E-state index in [9.17, 15) is 9.59 Å². The highest BCUT2D eigenvalue weighted by molar-refractivity contribution is 7.10. The van der Waals surface area contributed by atoms with Crippen molar-refractivity contribution in [2.75, 3.05) is 13.1 Å². The van der Waals surface area contributed by atoms with Gasteiger partial charge in [0.05, 0.1) is 12.0 Å². The lowest BCUT2D eigenvalue weighted by atomic mass is 9.94. The van der Waals surface area contributed by atoms with Gasteiger partial charge in [0.1, 0.15) is 0 Å². The zero-order chi connectivity index (χ0) is 14.8. The van der Waals surface area contributed by atoms with Gasteiger partial charge in [-0.2, -0.15) is 0 Å². The first-order chi connectivity index (χ1) is 10.1. The van der Waals surface area contributed by atoms with Gasteiger partial charge in [0.25, 0.3) is 0 Å². The quantitative estimate of drug-likeness (QED) is 0.882. The van der Waals surface area contributed by atoms with Crippen molar-refractivity contribution in [1.82, 2.24) is 10.2 Å². The van der Waals surface area contributed by atoms with Crippen molar-refractivity contribution < 1.29 is 14.7 Å². The fraction of sp³-hybridized carbons (Fsp3) is 0.600. The molecule has 1 fully saturated rings. The number of likely N-dealkylation sites (tertiary alicyclic amines) is 1. The predicted octanol–water partition coefficient (Wildman–Crippen LogP) is 2.63. The number of piperidine rings is 1. The van der Waals surface area contributed by atoms with Crippen molar-refractivity contribution in [2.45, 2.75) is 38.1 Å². The Labute approximate surface area is 128 Å². The number of rotatable bonds is 2. The van der Waals surface area contributed by atoms with Gasteiger partial charge in [-0.3, -0.25) is 4.79 Å². The number of hydrogen-bond acceptors (Lipinski definition) is 3. The van der Waals surface area contributed by atoms with Crippen LogP contribution in [-0.4, -0.2) is 35.1 Å². The van der Waals surface area contributed by atoms with Crippen LogP contribution in [0.1, 0.15) is 42.2 Å². The number of fused-ring (bicyclic) bond motifs is 1. The number of carbonyl (C=O) groups is 2. The molecule has 0 bridgehead atoms. The fourth-order valence-corrected chi connectivity index (χ4v) is 4.23. The van der Waals surface area contributed by atoms with Crippen LogP contribution in [0.25, 0.3) is 0 Å². The van der Waals surface area contributed by atoms with Crippen LogP contribution in [0.15, 0.2) is 11.4 Å². The van der Waals surface area contributed by atoms with Crippen LogP contribution in [0.2, 0.25) is 0 Å². The Kier molecular flexibility index (Phi) is 4.14. The predicted molar refractivity (Wildman–Crippen MR) is 80.5 cm³/mol. The molecule has 21 heavy (non-hydrogen) atoms. The number of amides is 2. The minimum atomic E-state index is -0.801. The molecule has 2 amide bonds. The molecule has 1 aromatic heterocycles. The van der Waals surface area contributed by atoms with Gasteiger partial charge in [-0.25, -0.2) is 4.79 Å². The summed E-state index contributed by atoms with van der Waals surface area (Å²) in [6.45, 7) is 0.975. The number of thiophene rings is 1. The van der Waals surface area contributed by atoms with Crippen LogP contribution in [0.4, 0.5) is 4.79 Å². The van der Waals surface area contributed by atoms with Crippen molar-refractivity contribution in [1.29, 1.82) is 0 Å². The first kappa shape index (κ1) is 14.4. The Morgan fingerprint density at radius 2 is 2.19 bits per heavy atom. The summed E-state index contributed by atoms with van der Waals surface area (Å²) >= 11 is 1.75. The molecule has 0 saturated carbocycles. The molecule has 2 aliphatic rings. The molecule has 0 spiro atoms. The number of nitrogens with one attached hydrogen (secondary N) is 1. The monoisotopic (exact) mass is 308 g/mol. The summed E-state index contributed by atoms with van der Waals surface area (Å²) in [7, 11) is 0. The number of carboxylic acids is 1.